The maximum Gasteiger partial charge on any atom is 0.231 e. The molecular weight excluding hydrogens is 641 g/mol. The Labute approximate surface area is 326 Å². The average molecular weight is 735 g/mol. The van der Waals surface area contributed by atoms with Gasteiger partial charge in [-0.1, -0.05) is 145 Å². The predicted octanol–water partition coefficient (Wildman–Crippen LogP) is 15.7. The summed E-state index contributed by atoms with van der Waals surface area (Å²) in [5.41, 5.74) is 2.31. The molecule has 0 aromatic rings. The predicted molar refractivity (Wildman–Crippen MR) is 224 cm³/mol. The van der Waals surface area contributed by atoms with Crippen LogP contribution in [0.4, 0.5) is 0 Å². The third-order valence-electron chi connectivity index (χ3n) is 14.0. The normalized spacial score (nSPS) is 21.1. The Balaban J connectivity index is 2.15. The summed E-state index contributed by atoms with van der Waals surface area (Å²) in [6.45, 7) is 53.3. The minimum Gasteiger partial charge on any atom is -0.230 e. The molecule has 52 heavy (non-hydrogen) atoms. The Morgan fingerprint density at radius 3 is 0.769 bits per heavy atom. The molecule has 2 rings (SSSR count). The summed E-state index contributed by atoms with van der Waals surface area (Å²) in [5, 5.41) is 0. The Morgan fingerprint density at radius 2 is 0.596 bits per heavy atom. The van der Waals surface area contributed by atoms with E-state index in [1.165, 1.54) is 25.7 Å². The summed E-state index contributed by atoms with van der Waals surface area (Å²) in [5.74, 6) is -0.947. The van der Waals surface area contributed by atoms with E-state index >= 15 is 0 Å². The van der Waals surface area contributed by atoms with E-state index in [-0.39, 0.29) is 66.4 Å². The standard InChI is InChI=1S/C48H94O4/c1-23-46(22,51-49-36-24-28-47(29-25-36,42(14,15)32-38(2,3)4)43(16,17)33-39(5,6)7)52-50-37-26-30-48(31-27-37,44(18,19)34-40(8,9)10)45(20,21)35-41(11,12)13/h36-37H,23-35H2,1-22H3. The molecule has 0 spiro atoms. The molecule has 4 nitrogen and oxygen atoms in total. The van der Waals surface area contributed by atoms with E-state index in [0.717, 1.165) is 51.4 Å². The van der Waals surface area contributed by atoms with E-state index in [1.54, 1.807) is 0 Å². The van der Waals surface area contributed by atoms with Gasteiger partial charge in [-0.3, -0.25) is 0 Å². The van der Waals surface area contributed by atoms with Gasteiger partial charge in [0.15, 0.2) is 0 Å². The van der Waals surface area contributed by atoms with E-state index in [1.807, 2.05) is 6.92 Å². The summed E-state index contributed by atoms with van der Waals surface area (Å²) in [6, 6.07) is 0. The Hall–Kier alpha value is -0.160. The van der Waals surface area contributed by atoms with Crippen molar-refractivity contribution in [1.82, 2.24) is 0 Å². The molecule has 0 aromatic heterocycles. The quantitative estimate of drug-likeness (QED) is 0.0953. The first-order chi connectivity index (χ1) is 23.0. The van der Waals surface area contributed by atoms with Gasteiger partial charge in [0.1, 0.15) is 0 Å². The van der Waals surface area contributed by atoms with E-state index < -0.39 is 5.79 Å². The van der Waals surface area contributed by atoms with Crippen molar-refractivity contribution in [1.29, 1.82) is 0 Å². The first-order valence-electron chi connectivity index (χ1n) is 21.6. The summed E-state index contributed by atoms with van der Waals surface area (Å²) < 4.78 is 0. The van der Waals surface area contributed by atoms with E-state index in [9.17, 15) is 0 Å². The smallest absolute Gasteiger partial charge is 0.230 e. The lowest BCUT2D eigenvalue weighted by molar-refractivity contribution is -0.525. The van der Waals surface area contributed by atoms with Crippen LogP contribution in [0.15, 0.2) is 0 Å². The highest BCUT2D eigenvalue weighted by Crippen LogP contribution is 2.66. The first-order valence-corrected chi connectivity index (χ1v) is 21.6. The summed E-state index contributed by atoms with van der Waals surface area (Å²) in [7, 11) is 0. The van der Waals surface area contributed by atoms with Crippen LogP contribution in [0.1, 0.15) is 236 Å². The van der Waals surface area contributed by atoms with Crippen molar-refractivity contribution in [2.45, 2.75) is 254 Å². The molecule has 4 heteroatoms. The van der Waals surface area contributed by atoms with Crippen molar-refractivity contribution >= 4 is 0 Å². The Morgan fingerprint density at radius 1 is 0.385 bits per heavy atom. The van der Waals surface area contributed by atoms with Crippen molar-refractivity contribution in [3.8, 4) is 0 Å². The lowest BCUT2D eigenvalue weighted by atomic mass is 9.44. The van der Waals surface area contributed by atoms with Crippen LogP contribution < -0.4 is 0 Å². The molecule has 0 N–H and O–H groups in total. The molecule has 0 heterocycles. The Kier molecular flexibility index (Phi) is 14.8. The highest BCUT2D eigenvalue weighted by Gasteiger charge is 2.58. The molecule has 0 aromatic carbocycles. The summed E-state index contributed by atoms with van der Waals surface area (Å²) >= 11 is 0. The third-order valence-corrected chi connectivity index (χ3v) is 14.0. The number of hydrogen-bond donors (Lipinski definition) is 0. The molecule has 0 atom stereocenters. The van der Waals surface area contributed by atoms with Crippen molar-refractivity contribution in [3.05, 3.63) is 0 Å². The monoisotopic (exact) mass is 735 g/mol. The lowest BCUT2D eigenvalue weighted by Crippen LogP contribution is -2.54. The largest absolute Gasteiger partial charge is 0.231 e. The highest BCUT2D eigenvalue weighted by atomic mass is 17.3. The topological polar surface area (TPSA) is 36.9 Å². The second-order valence-electron chi connectivity index (χ2n) is 25.9. The van der Waals surface area contributed by atoms with Gasteiger partial charge in [-0.25, -0.2) is 9.78 Å². The van der Waals surface area contributed by atoms with Gasteiger partial charge < -0.3 is 0 Å². The maximum atomic E-state index is 6.31. The average Bonchev–Trinajstić information content (AvgIpc) is 2.90. The second kappa shape index (κ2) is 16.0. The zero-order chi connectivity index (χ0) is 40.7. The van der Waals surface area contributed by atoms with Crippen LogP contribution in [-0.4, -0.2) is 18.0 Å². The fourth-order valence-corrected chi connectivity index (χ4v) is 13.4. The third kappa shape index (κ3) is 12.2. The molecule has 0 saturated heterocycles. The maximum absolute atomic E-state index is 6.31. The van der Waals surface area contributed by atoms with Gasteiger partial charge in [0.05, 0.1) is 12.2 Å². The molecule has 0 aliphatic heterocycles. The Bertz CT molecular complexity index is 953. The number of rotatable bonds is 15. The van der Waals surface area contributed by atoms with E-state index in [4.69, 9.17) is 19.6 Å². The number of hydrogen-bond acceptors (Lipinski definition) is 4. The summed E-state index contributed by atoms with van der Waals surface area (Å²) in [4.78, 5) is 25.1. The van der Waals surface area contributed by atoms with Gasteiger partial charge in [0, 0.05) is 6.42 Å². The first kappa shape index (κ1) is 48.0. The van der Waals surface area contributed by atoms with Crippen LogP contribution in [0.25, 0.3) is 0 Å². The minimum atomic E-state index is -0.947. The van der Waals surface area contributed by atoms with Crippen LogP contribution in [-0.2, 0) is 19.6 Å². The van der Waals surface area contributed by atoms with Crippen LogP contribution in [0.5, 0.6) is 0 Å². The molecule has 2 aliphatic rings. The van der Waals surface area contributed by atoms with E-state index in [2.05, 4.69) is 145 Å². The molecule has 0 bridgehead atoms. The molecule has 2 aliphatic carbocycles. The van der Waals surface area contributed by atoms with Gasteiger partial charge in [0.2, 0.25) is 5.79 Å². The SMILES string of the molecule is CCC(C)(OOC1CCC(C(C)(C)CC(C)(C)C)(C(C)(C)CC(C)(C)C)CC1)OOC1CCC(C(C)(C)CC(C)(C)C)(C(C)(C)CC(C)(C)C)CC1. The van der Waals surface area contributed by atoms with Crippen LogP contribution >= 0.6 is 0 Å². The second-order valence-corrected chi connectivity index (χ2v) is 25.9. The zero-order valence-corrected chi connectivity index (χ0v) is 39.5. The van der Waals surface area contributed by atoms with Gasteiger partial charge in [-0.15, -0.1) is 0 Å². The minimum absolute atomic E-state index is 0.0591. The highest BCUT2D eigenvalue weighted by molar-refractivity contribution is 5.07. The van der Waals surface area contributed by atoms with Crippen LogP contribution in [0, 0.1) is 54.1 Å². The van der Waals surface area contributed by atoms with Crippen molar-refractivity contribution in [2.75, 3.05) is 0 Å². The summed E-state index contributed by atoms with van der Waals surface area (Å²) in [6.07, 6.45) is 14.2. The van der Waals surface area contributed by atoms with Gasteiger partial charge >= 0.3 is 0 Å². The lowest BCUT2D eigenvalue weighted by Gasteiger charge is -2.61. The molecule has 0 unspecified atom stereocenters. The zero-order valence-electron chi connectivity index (χ0n) is 39.5. The van der Waals surface area contributed by atoms with Crippen molar-refractivity contribution in [2.24, 2.45) is 54.1 Å². The molecule has 0 radical (unpaired) electrons. The van der Waals surface area contributed by atoms with Crippen LogP contribution in [0.3, 0.4) is 0 Å². The molecular formula is C48H94O4. The molecule has 2 fully saturated rings. The molecule has 2 saturated carbocycles. The van der Waals surface area contributed by atoms with Gasteiger partial charge in [0.25, 0.3) is 0 Å². The molecule has 0 amide bonds. The van der Waals surface area contributed by atoms with Crippen molar-refractivity contribution < 1.29 is 19.6 Å². The fourth-order valence-electron chi connectivity index (χ4n) is 13.4. The fraction of sp³-hybridized carbons (Fsp3) is 1.00. The van der Waals surface area contributed by atoms with Crippen LogP contribution in [0.2, 0.25) is 0 Å². The van der Waals surface area contributed by atoms with Gasteiger partial charge in [-0.2, -0.15) is 9.78 Å². The van der Waals surface area contributed by atoms with Gasteiger partial charge in [-0.05, 0) is 138 Å². The van der Waals surface area contributed by atoms with Crippen molar-refractivity contribution in [3.63, 3.8) is 0 Å². The molecule has 310 valence electrons. The van der Waals surface area contributed by atoms with E-state index in [0.29, 0.717) is 6.42 Å².